The molecule has 1 saturated carbocycles. The van der Waals surface area contributed by atoms with Crippen LogP contribution in [0, 0.1) is 11.8 Å². The fourth-order valence-corrected chi connectivity index (χ4v) is 4.75. The average Bonchev–Trinajstić information content (AvgIpc) is 2.86. The van der Waals surface area contributed by atoms with Gasteiger partial charge in [0.1, 0.15) is 5.78 Å². The van der Waals surface area contributed by atoms with Crippen LogP contribution in [-0.2, 0) is 9.53 Å². The normalized spacial score (nSPS) is 21.7. The Morgan fingerprint density at radius 1 is 1.06 bits per heavy atom. The highest BCUT2D eigenvalue weighted by Gasteiger charge is 2.21. The molecule has 3 nitrogen and oxygen atoms in total. The number of ether oxygens (including phenoxy) is 1. The number of aliphatic hydroxyl groups excluding tert-OH is 1. The lowest BCUT2D eigenvalue weighted by molar-refractivity contribution is -0.124. The number of carbonyl (C=O) groups excluding carboxylic acids is 1. The fraction of sp³-hybridized carbons (Fsp3) is 0.719. The van der Waals surface area contributed by atoms with E-state index in [4.69, 9.17) is 4.74 Å². The van der Waals surface area contributed by atoms with Crippen molar-refractivity contribution in [3.05, 3.63) is 47.6 Å². The first kappa shape index (κ1) is 31.6. The van der Waals surface area contributed by atoms with Gasteiger partial charge in [-0.05, 0) is 70.3 Å². The maximum Gasteiger partial charge on any atom is 0.138 e. The number of hydrogen-bond donors (Lipinski definition) is 1. The van der Waals surface area contributed by atoms with Crippen LogP contribution in [0.4, 0.5) is 0 Å². The second-order valence-electron chi connectivity index (χ2n) is 10.7. The van der Waals surface area contributed by atoms with Gasteiger partial charge in [-0.3, -0.25) is 4.79 Å². The average molecular weight is 487 g/mol. The van der Waals surface area contributed by atoms with Gasteiger partial charge in [0.2, 0.25) is 0 Å². The van der Waals surface area contributed by atoms with E-state index in [1.807, 2.05) is 33.1 Å². The Morgan fingerprint density at radius 2 is 1.83 bits per heavy atom. The molecule has 4 unspecified atom stereocenters. The van der Waals surface area contributed by atoms with E-state index in [9.17, 15) is 9.90 Å². The molecule has 1 fully saturated rings. The number of allylic oxidation sites excluding steroid dienone is 7. The molecule has 0 amide bonds. The number of rotatable bonds is 18. The summed E-state index contributed by atoms with van der Waals surface area (Å²) in [6.07, 6.45) is 27.9. The molecule has 4 atom stereocenters. The van der Waals surface area contributed by atoms with E-state index >= 15 is 0 Å². The maximum atomic E-state index is 12.5. The summed E-state index contributed by atoms with van der Waals surface area (Å²) < 4.78 is 5.55. The minimum Gasteiger partial charge on any atom is -0.388 e. The Morgan fingerprint density at radius 3 is 2.57 bits per heavy atom. The van der Waals surface area contributed by atoms with Crippen molar-refractivity contribution in [3.8, 4) is 0 Å². The van der Waals surface area contributed by atoms with Gasteiger partial charge >= 0.3 is 0 Å². The molecule has 0 aromatic rings. The van der Waals surface area contributed by atoms with Crippen molar-refractivity contribution in [3.63, 3.8) is 0 Å². The van der Waals surface area contributed by atoms with Crippen LogP contribution >= 0.6 is 0 Å². The van der Waals surface area contributed by atoms with Crippen LogP contribution in [0.2, 0.25) is 0 Å². The van der Waals surface area contributed by atoms with Gasteiger partial charge in [0, 0.05) is 19.4 Å². The second-order valence-corrected chi connectivity index (χ2v) is 10.7. The molecule has 1 N–H and O–H groups in total. The molecule has 0 aromatic heterocycles. The van der Waals surface area contributed by atoms with E-state index < -0.39 is 6.10 Å². The SMILES string of the molecule is CC/C(C)=C/C=C/C=C/CCC(C)C(=O)CC(O)/C(C)=C/CCCCCCC1CCCC(OC)C1. The second kappa shape index (κ2) is 19.7. The molecule has 0 bridgehead atoms. The van der Waals surface area contributed by atoms with E-state index in [1.165, 1.54) is 56.9 Å². The molecule has 1 rings (SSSR count). The molecule has 0 spiro atoms. The number of aliphatic hydroxyl groups is 1. The van der Waals surface area contributed by atoms with Crippen molar-refractivity contribution in [2.45, 2.75) is 130 Å². The predicted molar refractivity (Wildman–Crippen MR) is 151 cm³/mol. The van der Waals surface area contributed by atoms with Gasteiger partial charge in [-0.25, -0.2) is 0 Å². The maximum absolute atomic E-state index is 12.5. The Kier molecular flexibility index (Phi) is 17.8. The summed E-state index contributed by atoms with van der Waals surface area (Å²) in [5.41, 5.74) is 2.31. The molecule has 1 aliphatic carbocycles. The minimum atomic E-state index is -0.642. The van der Waals surface area contributed by atoms with E-state index in [2.05, 4.69) is 38.2 Å². The molecular formula is C32H54O3. The molecule has 0 radical (unpaired) electrons. The molecule has 0 heterocycles. The molecule has 0 aliphatic heterocycles. The summed E-state index contributed by atoms with van der Waals surface area (Å²) in [4.78, 5) is 12.5. The third-order valence-electron chi connectivity index (χ3n) is 7.63. The van der Waals surface area contributed by atoms with Crippen LogP contribution in [0.15, 0.2) is 47.6 Å². The molecule has 200 valence electrons. The van der Waals surface area contributed by atoms with Gasteiger partial charge < -0.3 is 9.84 Å². The molecule has 1 aliphatic rings. The third kappa shape index (κ3) is 15.3. The van der Waals surface area contributed by atoms with Crippen molar-refractivity contribution < 1.29 is 14.6 Å². The highest BCUT2D eigenvalue weighted by molar-refractivity contribution is 5.81. The fourth-order valence-electron chi connectivity index (χ4n) is 4.75. The third-order valence-corrected chi connectivity index (χ3v) is 7.63. The number of methoxy groups -OCH3 is 1. The standard InChI is InChI=1S/C32H54O3/c1-6-26(2)18-13-9-7-10-14-19-27(3)31(33)25-32(34)28(4)20-15-11-8-12-16-21-29-22-17-23-30(24-29)35-5/h7,9-10,13,18,20,27,29-30,32,34H,6,8,11-12,14-17,19,21-25H2,1-5H3/b10-7+,13-9+,26-18+,28-20+. The van der Waals surface area contributed by atoms with Gasteiger partial charge in [0.25, 0.3) is 0 Å². The van der Waals surface area contributed by atoms with Crippen molar-refractivity contribution in [1.29, 1.82) is 0 Å². The van der Waals surface area contributed by atoms with E-state index in [0.717, 1.165) is 43.6 Å². The Balaban J connectivity index is 2.16. The van der Waals surface area contributed by atoms with Crippen LogP contribution in [0.1, 0.15) is 118 Å². The number of carbonyl (C=O) groups is 1. The lowest BCUT2D eigenvalue weighted by Crippen LogP contribution is -2.21. The van der Waals surface area contributed by atoms with Crippen LogP contribution in [0.5, 0.6) is 0 Å². The molecule has 3 heteroatoms. The largest absolute Gasteiger partial charge is 0.388 e. The van der Waals surface area contributed by atoms with Crippen molar-refractivity contribution >= 4 is 5.78 Å². The smallest absolute Gasteiger partial charge is 0.138 e. The van der Waals surface area contributed by atoms with Crippen molar-refractivity contribution in [1.82, 2.24) is 0 Å². The summed E-state index contributed by atoms with van der Waals surface area (Å²) in [6, 6.07) is 0. The number of Topliss-reactive ketones (excluding diaryl/α,β-unsaturated/α-hetero) is 1. The Labute approximate surface area is 216 Å². The zero-order chi connectivity index (χ0) is 25.9. The molecular weight excluding hydrogens is 432 g/mol. The lowest BCUT2D eigenvalue weighted by atomic mass is 9.84. The van der Waals surface area contributed by atoms with Crippen molar-refractivity contribution in [2.75, 3.05) is 7.11 Å². The first-order valence-electron chi connectivity index (χ1n) is 14.3. The van der Waals surface area contributed by atoms with Gasteiger partial charge in [0.05, 0.1) is 12.2 Å². The lowest BCUT2D eigenvalue weighted by Gasteiger charge is -2.28. The topological polar surface area (TPSA) is 46.5 Å². The summed E-state index contributed by atoms with van der Waals surface area (Å²) in [5.74, 6) is 1.00. The minimum absolute atomic E-state index is 0.0170. The van der Waals surface area contributed by atoms with E-state index in [1.54, 1.807) is 0 Å². The molecule has 35 heavy (non-hydrogen) atoms. The van der Waals surface area contributed by atoms with E-state index in [0.29, 0.717) is 6.10 Å². The van der Waals surface area contributed by atoms with Gasteiger partial charge in [-0.1, -0.05) is 94.4 Å². The number of hydrogen-bond acceptors (Lipinski definition) is 3. The van der Waals surface area contributed by atoms with Gasteiger partial charge in [-0.2, -0.15) is 0 Å². The van der Waals surface area contributed by atoms with Crippen LogP contribution in [-0.4, -0.2) is 30.2 Å². The summed E-state index contributed by atoms with van der Waals surface area (Å²) in [7, 11) is 1.85. The molecule has 0 saturated heterocycles. The highest BCUT2D eigenvalue weighted by atomic mass is 16.5. The van der Waals surface area contributed by atoms with Gasteiger partial charge in [0.15, 0.2) is 0 Å². The van der Waals surface area contributed by atoms with Crippen LogP contribution in [0.25, 0.3) is 0 Å². The first-order valence-corrected chi connectivity index (χ1v) is 14.3. The quantitative estimate of drug-likeness (QED) is 0.120. The number of unbranched alkanes of at least 4 members (excludes halogenated alkanes) is 4. The summed E-state index contributed by atoms with van der Waals surface area (Å²) >= 11 is 0. The van der Waals surface area contributed by atoms with Crippen molar-refractivity contribution in [2.24, 2.45) is 11.8 Å². The Hall–Kier alpha value is -1.45. The highest BCUT2D eigenvalue weighted by Crippen LogP contribution is 2.30. The Bertz CT molecular complexity index is 685. The monoisotopic (exact) mass is 486 g/mol. The van der Waals surface area contributed by atoms with Gasteiger partial charge in [-0.15, -0.1) is 0 Å². The van der Waals surface area contributed by atoms with Crippen LogP contribution < -0.4 is 0 Å². The number of ketones is 1. The predicted octanol–water partition coefficient (Wildman–Crippen LogP) is 8.68. The van der Waals surface area contributed by atoms with E-state index in [-0.39, 0.29) is 18.1 Å². The zero-order valence-corrected chi connectivity index (χ0v) is 23.4. The summed E-state index contributed by atoms with van der Waals surface area (Å²) in [6.45, 7) is 8.22. The zero-order valence-electron chi connectivity index (χ0n) is 23.4. The summed E-state index contributed by atoms with van der Waals surface area (Å²) in [5, 5.41) is 10.5. The first-order chi connectivity index (χ1) is 16.9. The van der Waals surface area contributed by atoms with Crippen LogP contribution in [0.3, 0.4) is 0 Å². The molecule has 0 aromatic carbocycles.